The van der Waals surface area contributed by atoms with Crippen molar-refractivity contribution in [3.8, 4) is 11.5 Å². The molecule has 1 aliphatic rings. The third kappa shape index (κ3) is 5.91. The zero-order valence-electron chi connectivity index (χ0n) is 18.2. The molecule has 1 fully saturated rings. The zero-order valence-corrected chi connectivity index (χ0v) is 18.2. The van der Waals surface area contributed by atoms with E-state index in [-0.39, 0.29) is 16.9 Å². The Kier molecular flexibility index (Phi) is 6.45. The highest BCUT2D eigenvalue weighted by atomic mass is 16.5. The molecule has 0 unspecified atom stereocenters. The predicted molar refractivity (Wildman–Crippen MR) is 117 cm³/mol. The molecular weight excluding hydrogens is 362 g/mol. The number of rotatable bonds is 7. The van der Waals surface area contributed by atoms with Gasteiger partial charge in [0.15, 0.2) is 5.78 Å². The van der Waals surface area contributed by atoms with Gasteiger partial charge in [-0.25, -0.2) is 0 Å². The highest BCUT2D eigenvalue weighted by molar-refractivity contribution is 5.96. The quantitative estimate of drug-likeness (QED) is 0.606. The van der Waals surface area contributed by atoms with Gasteiger partial charge in [0, 0.05) is 35.7 Å². The molecule has 0 spiro atoms. The average molecular weight is 396 g/mol. The monoisotopic (exact) mass is 395 g/mol. The molecule has 1 aliphatic heterocycles. The Morgan fingerprint density at radius 3 is 2.24 bits per heavy atom. The van der Waals surface area contributed by atoms with Gasteiger partial charge in [0.1, 0.15) is 11.5 Å². The van der Waals surface area contributed by atoms with Gasteiger partial charge in [-0.2, -0.15) is 0 Å². The first kappa shape index (κ1) is 21.5. The van der Waals surface area contributed by atoms with Crippen LogP contribution in [0.1, 0.15) is 62.9 Å². The van der Waals surface area contributed by atoms with E-state index in [2.05, 4.69) is 33.0 Å². The Morgan fingerprint density at radius 1 is 1.00 bits per heavy atom. The van der Waals surface area contributed by atoms with Crippen LogP contribution in [0.3, 0.4) is 0 Å². The van der Waals surface area contributed by atoms with Crippen molar-refractivity contribution in [1.29, 1.82) is 0 Å². The summed E-state index contributed by atoms with van der Waals surface area (Å²) < 4.78 is 11.2. The third-order valence-electron chi connectivity index (χ3n) is 5.43. The molecule has 3 rings (SSSR count). The SMILES string of the molecule is COCc1ccccc1Oc1ccc(C(=O)CC2CC(C)(C)NC(C)(C)C2)cc1. The number of benzene rings is 2. The van der Waals surface area contributed by atoms with Crippen LogP contribution in [0.15, 0.2) is 48.5 Å². The maximum Gasteiger partial charge on any atom is 0.163 e. The van der Waals surface area contributed by atoms with Crippen molar-refractivity contribution in [2.24, 2.45) is 5.92 Å². The number of hydrogen-bond acceptors (Lipinski definition) is 4. The second-order valence-electron chi connectivity index (χ2n) is 9.46. The Balaban J connectivity index is 1.65. The maximum atomic E-state index is 12.9. The molecule has 1 N–H and O–H groups in total. The van der Waals surface area contributed by atoms with Gasteiger partial charge in [-0.15, -0.1) is 0 Å². The average Bonchev–Trinajstić information content (AvgIpc) is 2.61. The number of carbonyl (C=O) groups excluding carboxylic acids is 1. The van der Waals surface area contributed by atoms with Crippen LogP contribution >= 0.6 is 0 Å². The first-order valence-electron chi connectivity index (χ1n) is 10.3. The lowest BCUT2D eigenvalue weighted by Gasteiger charge is -2.46. The summed E-state index contributed by atoms with van der Waals surface area (Å²) in [6, 6.07) is 15.3. The first-order chi connectivity index (χ1) is 13.7. The summed E-state index contributed by atoms with van der Waals surface area (Å²) in [5, 5.41) is 3.68. The summed E-state index contributed by atoms with van der Waals surface area (Å²) >= 11 is 0. The van der Waals surface area contributed by atoms with Crippen molar-refractivity contribution < 1.29 is 14.3 Å². The molecule has 4 heteroatoms. The third-order valence-corrected chi connectivity index (χ3v) is 5.43. The lowest BCUT2D eigenvalue weighted by molar-refractivity contribution is 0.0864. The molecule has 0 bridgehead atoms. The topological polar surface area (TPSA) is 47.6 Å². The predicted octanol–water partition coefficient (Wildman–Crippen LogP) is 5.75. The lowest BCUT2D eigenvalue weighted by atomic mass is 9.74. The second kappa shape index (κ2) is 8.68. The lowest BCUT2D eigenvalue weighted by Crippen LogP contribution is -2.57. The highest BCUT2D eigenvalue weighted by Gasteiger charge is 2.38. The van der Waals surface area contributed by atoms with E-state index in [0.29, 0.717) is 24.7 Å². The van der Waals surface area contributed by atoms with E-state index in [4.69, 9.17) is 9.47 Å². The highest BCUT2D eigenvalue weighted by Crippen LogP contribution is 2.35. The Labute approximate surface area is 174 Å². The van der Waals surface area contributed by atoms with Crippen LogP contribution in [0.5, 0.6) is 11.5 Å². The molecule has 0 aliphatic carbocycles. The van der Waals surface area contributed by atoms with Gasteiger partial charge in [-0.1, -0.05) is 18.2 Å². The number of piperidine rings is 1. The van der Waals surface area contributed by atoms with Gasteiger partial charge < -0.3 is 14.8 Å². The molecule has 0 saturated carbocycles. The van der Waals surface area contributed by atoms with Crippen LogP contribution in [0.25, 0.3) is 0 Å². The molecule has 4 nitrogen and oxygen atoms in total. The fraction of sp³-hybridized carbons (Fsp3) is 0.480. The number of carbonyl (C=O) groups is 1. The van der Waals surface area contributed by atoms with Crippen molar-refractivity contribution in [1.82, 2.24) is 5.32 Å². The minimum Gasteiger partial charge on any atom is -0.457 e. The van der Waals surface area contributed by atoms with Gasteiger partial charge in [-0.05, 0) is 76.8 Å². The van der Waals surface area contributed by atoms with E-state index in [1.807, 2.05) is 48.5 Å². The van der Waals surface area contributed by atoms with Crippen LogP contribution in [0, 0.1) is 5.92 Å². The van der Waals surface area contributed by atoms with E-state index < -0.39 is 0 Å². The number of methoxy groups -OCH3 is 1. The van der Waals surface area contributed by atoms with Gasteiger partial charge in [0.05, 0.1) is 6.61 Å². The number of Topliss-reactive ketones (excluding diaryl/α,β-unsaturated/α-hetero) is 1. The molecule has 0 amide bonds. The van der Waals surface area contributed by atoms with Crippen LogP contribution < -0.4 is 10.1 Å². The Hall–Kier alpha value is -2.17. The molecule has 0 atom stereocenters. The minimum atomic E-state index is 0.0555. The van der Waals surface area contributed by atoms with Gasteiger partial charge in [0.2, 0.25) is 0 Å². The van der Waals surface area contributed by atoms with E-state index >= 15 is 0 Å². The van der Waals surface area contributed by atoms with Crippen molar-refractivity contribution in [2.45, 2.75) is 64.6 Å². The van der Waals surface area contributed by atoms with Crippen LogP contribution in [-0.4, -0.2) is 24.0 Å². The van der Waals surface area contributed by atoms with Crippen molar-refractivity contribution in [2.75, 3.05) is 7.11 Å². The molecule has 0 radical (unpaired) electrons. The van der Waals surface area contributed by atoms with Crippen LogP contribution in [0.2, 0.25) is 0 Å². The number of hydrogen-bond donors (Lipinski definition) is 1. The summed E-state index contributed by atoms with van der Waals surface area (Å²) in [5.41, 5.74) is 1.85. The molecule has 0 aromatic heterocycles. The number of ketones is 1. The minimum absolute atomic E-state index is 0.0555. The van der Waals surface area contributed by atoms with Gasteiger partial charge >= 0.3 is 0 Å². The molecule has 2 aromatic rings. The summed E-state index contributed by atoms with van der Waals surface area (Å²) in [5.74, 6) is 2.09. The Bertz CT molecular complexity index is 823. The van der Waals surface area contributed by atoms with Crippen LogP contribution in [-0.2, 0) is 11.3 Å². The largest absolute Gasteiger partial charge is 0.457 e. The summed E-state index contributed by atoms with van der Waals surface area (Å²) in [4.78, 5) is 12.9. The van der Waals surface area contributed by atoms with E-state index in [1.54, 1.807) is 7.11 Å². The summed E-state index contributed by atoms with van der Waals surface area (Å²) in [7, 11) is 1.67. The first-order valence-corrected chi connectivity index (χ1v) is 10.3. The molecular formula is C25H33NO3. The van der Waals surface area contributed by atoms with E-state index in [9.17, 15) is 4.79 Å². The van der Waals surface area contributed by atoms with E-state index in [0.717, 1.165) is 29.7 Å². The summed E-state index contributed by atoms with van der Waals surface area (Å²) in [6.45, 7) is 9.38. The molecule has 29 heavy (non-hydrogen) atoms. The van der Waals surface area contributed by atoms with Crippen LogP contribution in [0.4, 0.5) is 0 Å². The molecule has 1 saturated heterocycles. The molecule has 156 valence electrons. The van der Waals surface area contributed by atoms with Crippen molar-refractivity contribution >= 4 is 5.78 Å². The smallest absolute Gasteiger partial charge is 0.163 e. The second-order valence-corrected chi connectivity index (χ2v) is 9.46. The Morgan fingerprint density at radius 2 is 1.62 bits per heavy atom. The summed E-state index contributed by atoms with van der Waals surface area (Å²) in [6.07, 6.45) is 2.62. The van der Waals surface area contributed by atoms with Crippen molar-refractivity contribution in [3.63, 3.8) is 0 Å². The molecule has 2 aromatic carbocycles. The fourth-order valence-electron chi connectivity index (χ4n) is 4.77. The molecule has 1 heterocycles. The van der Waals surface area contributed by atoms with Gasteiger partial charge in [-0.3, -0.25) is 4.79 Å². The number of ether oxygens (including phenoxy) is 2. The number of nitrogens with one attached hydrogen (secondary N) is 1. The normalized spacial score (nSPS) is 18.4. The van der Waals surface area contributed by atoms with Gasteiger partial charge in [0.25, 0.3) is 0 Å². The fourth-order valence-corrected chi connectivity index (χ4v) is 4.77. The maximum absolute atomic E-state index is 12.9. The van der Waals surface area contributed by atoms with E-state index in [1.165, 1.54) is 0 Å². The standard InChI is InChI=1S/C25H33NO3/c1-24(2)15-18(16-25(3,4)26-24)14-22(27)19-10-12-21(13-11-19)29-23-9-7-6-8-20(23)17-28-5/h6-13,18,26H,14-17H2,1-5H3. The number of para-hydroxylation sites is 1. The zero-order chi connectivity index (χ0) is 21.1. The van der Waals surface area contributed by atoms with Crippen molar-refractivity contribution in [3.05, 3.63) is 59.7 Å².